The lowest BCUT2D eigenvalue weighted by Gasteiger charge is -2.32. The average molecular weight is 320 g/mol. The topological polar surface area (TPSA) is 47.8 Å². The van der Waals surface area contributed by atoms with Gasteiger partial charge < -0.3 is 4.57 Å². The fourth-order valence-corrected chi connectivity index (χ4v) is 3.08. The molecule has 0 aliphatic heterocycles. The van der Waals surface area contributed by atoms with E-state index >= 15 is 0 Å². The number of benzene rings is 1. The molecule has 1 aliphatic rings. The van der Waals surface area contributed by atoms with Crippen LogP contribution in [0.4, 0.5) is 0 Å². The molecule has 1 saturated carbocycles. The van der Waals surface area contributed by atoms with E-state index in [0.717, 1.165) is 10.3 Å². The van der Waals surface area contributed by atoms with Gasteiger partial charge in [0.05, 0.1) is 0 Å². The highest BCUT2D eigenvalue weighted by molar-refractivity contribution is 9.10. The fourth-order valence-electron chi connectivity index (χ4n) is 2.67. The number of aromatic nitrogens is 3. The van der Waals surface area contributed by atoms with Crippen LogP contribution in [0.1, 0.15) is 30.1 Å². The minimum atomic E-state index is 0.141. The Bertz CT molecular complexity index is 615. The van der Waals surface area contributed by atoms with Gasteiger partial charge in [-0.3, -0.25) is 4.79 Å². The molecule has 19 heavy (non-hydrogen) atoms. The molecule has 2 aromatic rings. The van der Waals surface area contributed by atoms with Crippen LogP contribution >= 0.6 is 15.9 Å². The van der Waals surface area contributed by atoms with E-state index in [4.69, 9.17) is 0 Å². The van der Waals surface area contributed by atoms with E-state index in [1.54, 1.807) is 6.33 Å². The zero-order chi connectivity index (χ0) is 13.4. The number of nitrogens with zero attached hydrogens (tertiary/aromatic N) is 3. The molecule has 1 unspecified atom stereocenters. The van der Waals surface area contributed by atoms with Crippen LogP contribution in [-0.4, -0.2) is 20.5 Å². The van der Waals surface area contributed by atoms with Crippen molar-refractivity contribution in [3.63, 3.8) is 0 Å². The molecule has 3 rings (SSSR count). The molecule has 1 aromatic carbocycles. The Morgan fingerprint density at radius 1 is 1.42 bits per heavy atom. The van der Waals surface area contributed by atoms with Gasteiger partial charge in [-0.2, -0.15) is 0 Å². The van der Waals surface area contributed by atoms with Gasteiger partial charge in [0.15, 0.2) is 0 Å². The summed E-state index contributed by atoms with van der Waals surface area (Å²) in [5.41, 5.74) is 1.18. The monoisotopic (exact) mass is 319 g/mol. The van der Waals surface area contributed by atoms with Crippen LogP contribution in [-0.2, 0) is 11.8 Å². The van der Waals surface area contributed by atoms with Gasteiger partial charge in [0.2, 0.25) is 0 Å². The van der Waals surface area contributed by atoms with Gasteiger partial charge in [-0.05, 0) is 23.6 Å². The standard InChI is InChI=1S/C14H14BrN3O/c1-18-8-16-17-14(18)13(10-6-12(19)7-10)9-3-2-4-11(15)5-9/h2-5,8,10,13H,6-7H2,1H3. The summed E-state index contributed by atoms with van der Waals surface area (Å²) in [5, 5.41) is 8.20. The molecular formula is C14H14BrN3O. The Kier molecular flexibility index (Phi) is 3.22. The number of hydrogen-bond acceptors (Lipinski definition) is 3. The maximum absolute atomic E-state index is 11.3. The molecule has 1 aliphatic carbocycles. The van der Waals surface area contributed by atoms with Crippen molar-refractivity contribution in [2.75, 3.05) is 0 Å². The van der Waals surface area contributed by atoms with Crippen molar-refractivity contribution in [2.24, 2.45) is 13.0 Å². The Hall–Kier alpha value is -1.49. The summed E-state index contributed by atoms with van der Waals surface area (Å²) in [4.78, 5) is 11.3. The summed E-state index contributed by atoms with van der Waals surface area (Å²) < 4.78 is 2.98. The lowest BCUT2D eigenvalue weighted by molar-refractivity contribution is -0.127. The third-order valence-electron chi connectivity index (χ3n) is 3.68. The van der Waals surface area contributed by atoms with E-state index in [1.165, 1.54) is 5.56 Å². The quantitative estimate of drug-likeness (QED) is 0.873. The molecule has 98 valence electrons. The lowest BCUT2D eigenvalue weighted by atomic mass is 9.72. The van der Waals surface area contributed by atoms with Gasteiger partial charge >= 0.3 is 0 Å². The molecule has 4 nitrogen and oxygen atoms in total. The first-order chi connectivity index (χ1) is 9.15. The smallest absolute Gasteiger partial charge is 0.140 e. The second kappa shape index (κ2) is 4.89. The predicted octanol–water partition coefficient (Wildman–Crippen LogP) is 2.69. The van der Waals surface area contributed by atoms with Gasteiger partial charge in [0.1, 0.15) is 17.9 Å². The van der Waals surface area contributed by atoms with E-state index in [0.29, 0.717) is 24.5 Å². The van der Waals surface area contributed by atoms with Crippen molar-refractivity contribution < 1.29 is 4.79 Å². The molecule has 0 N–H and O–H groups in total. The van der Waals surface area contributed by atoms with E-state index in [1.807, 2.05) is 23.7 Å². The van der Waals surface area contributed by atoms with Gasteiger partial charge in [0, 0.05) is 30.3 Å². The minimum absolute atomic E-state index is 0.141. The number of halogens is 1. The molecule has 1 fully saturated rings. The maximum Gasteiger partial charge on any atom is 0.140 e. The maximum atomic E-state index is 11.3. The van der Waals surface area contributed by atoms with E-state index in [9.17, 15) is 4.79 Å². The SMILES string of the molecule is Cn1cnnc1C(c1cccc(Br)c1)C1CC(=O)C1. The first kappa shape index (κ1) is 12.5. The number of aryl methyl sites for hydroxylation is 1. The number of rotatable bonds is 3. The van der Waals surface area contributed by atoms with Crippen molar-refractivity contribution in [2.45, 2.75) is 18.8 Å². The molecule has 1 heterocycles. The summed E-state index contributed by atoms with van der Waals surface area (Å²) in [6.45, 7) is 0. The summed E-state index contributed by atoms with van der Waals surface area (Å²) in [5.74, 6) is 1.75. The van der Waals surface area contributed by atoms with Gasteiger partial charge in [-0.25, -0.2) is 0 Å². The highest BCUT2D eigenvalue weighted by Crippen LogP contribution is 2.41. The van der Waals surface area contributed by atoms with Crippen molar-refractivity contribution in [1.29, 1.82) is 0 Å². The highest BCUT2D eigenvalue weighted by Gasteiger charge is 2.37. The van der Waals surface area contributed by atoms with Crippen molar-refractivity contribution in [3.05, 3.63) is 46.5 Å². The first-order valence-corrected chi connectivity index (χ1v) is 7.05. The third kappa shape index (κ3) is 2.34. The van der Waals surface area contributed by atoms with E-state index in [2.05, 4.69) is 38.3 Å². The Morgan fingerprint density at radius 3 is 2.79 bits per heavy atom. The molecule has 0 amide bonds. The molecule has 1 aromatic heterocycles. The predicted molar refractivity (Wildman–Crippen MR) is 74.7 cm³/mol. The second-order valence-electron chi connectivity index (χ2n) is 5.04. The van der Waals surface area contributed by atoms with Crippen molar-refractivity contribution >= 4 is 21.7 Å². The largest absolute Gasteiger partial charge is 0.320 e. The number of hydrogen-bond donors (Lipinski definition) is 0. The van der Waals surface area contributed by atoms with E-state index < -0.39 is 0 Å². The third-order valence-corrected chi connectivity index (χ3v) is 4.18. The Labute approximate surface area is 120 Å². The molecule has 0 radical (unpaired) electrons. The number of Topliss-reactive ketones (excluding diaryl/α,β-unsaturated/α-hetero) is 1. The van der Waals surface area contributed by atoms with Crippen LogP contribution in [0.3, 0.4) is 0 Å². The number of carbonyl (C=O) groups is 1. The fraction of sp³-hybridized carbons (Fsp3) is 0.357. The zero-order valence-corrected chi connectivity index (χ0v) is 12.2. The molecule has 0 spiro atoms. The average Bonchev–Trinajstić information content (AvgIpc) is 2.74. The van der Waals surface area contributed by atoms with Crippen LogP contribution in [0.5, 0.6) is 0 Å². The summed E-state index contributed by atoms with van der Waals surface area (Å²) in [6.07, 6.45) is 2.99. The number of ketones is 1. The van der Waals surface area contributed by atoms with Gasteiger partial charge in [-0.1, -0.05) is 28.1 Å². The normalized spacial score (nSPS) is 17.3. The van der Waals surface area contributed by atoms with Gasteiger partial charge in [0.25, 0.3) is 0 Å². The zero-order valence-electron chi connectivity index (χ0n) is 10.6. The lowest BCUT2D eigenvalue weighted by Crippen LogP contribution is -2.31. The van der Waals surface area contributed by atoms with Crippen LogP contribution in [0.15, 0.2) is 35.1 Å². The summed E-state index contributed by atoms with van der Waals surface area (Å²) in [6, 6.07) is 8.21. The van der Waals surface area contributed by atoms with Crippen LogP contribution in [0, 0.1) is 5.92 Å². The summed E-state index contributed by atoms with van der Waals surface area (Å²) in [7, 11) is 1.95. The molecular weight excluding hydrogens is 306 g/mol. The van der Waals surface area contributed by atoms with Crippen molar-refractivity contribution in [3.8, 4) is 0 Å². The van der Waals surface area contributed by atoms with E-state index in [-0.39, 0.29) is 5.92 Å². The highest BCUT2D eigenvalue weighted by atomic mass is 79.9. The minimum Gasteiger partial charge on any atom is -0.320 e. The van der Waals surface area contributed by atoms with Gasteiger partial charge in [-0.15, -0.1) is 10.2 Å². The van der Waals surface area contributed by atoms with Crippen LogP contribution in [0.2, 0.25) is 0 Å². The Balaban J connectivity index is 2.02. The second-order valence-corrected chi connectivity index (χ2v) is 5.96. The molecule has 5 heteroatoms. The van der Waals surface area contributed by atoms with Crippen molar-refractivity contribution in [1.82, 2.24) is 14.8 Å². The first-order valence-electron chi connectivity index (χ1n) is 6.26. The van der Waals surface area contributed by atoms with Crippen LogP contribution < -0.4 is 0 Å². The number of carbonyl (C=O) groups excluding carboxylic acids is 1. The summed E-state index contributed by atoms with van der Waals surface area (Å²) >= 11 is 3.50. The Morgan fingerprint density at radius 2 is 2.21 bits per heavy atom. The molecule has 1 atom stereocenters. The van der Waals surface area contributed by atoms with Crippen LogP contribution in [0.25, 0.3) is 0 Å². The molecule has 0 bridgehead atoms. The molecule has 0 saturated heterocycles.